The van der Waals surface area contributed by atoms with Crippen molar-refractivity contribution in [3.63, 3.8) is 0 Å². The first-order valence-corrected chi connectivity index (χ1v) is 5.81. The topological polar surface area (TPSA) is 87.7 Å². The summed E-state index contributed by atoms with van der Waals surface area (Å²) < 4.78 is 36.7. The molecule has 5 nitrogen and oxygen atoms in total. The molecule has 1 atom stereocenters. The van der Waals surface area contributed by atoms with E-state index in [9.17, 15) is 18.0 Å². The van der Waals surface area contributed by atoms with Crippen LogP contribution in [0.15, 0.2) is 23.4 Å². The molecule has 1 aliphatic rings. The van der Waals surface area contributed by atoms with Gasteiger partial charge in [-0.2, -0.15) is 13.2 Å². The highest BCUT2D eigenvalue weighted by molar-refractivity contribution is 5.97. The highest BCUT2D eigenvalue weighted by Crippen LogP contribution is 2.32. The number of carbonyl (C=O) groups is 1. The van der Waals surface area contributed by atoms with Gasteiger partial charge in [0, 0.05) is 5.56 Å². The molecule has 4 N–H and O–H groups in total. The standard InChI is InChI=1S/C12H12F3N3O2/c13-12(14,15)11(19)17-9-4-2-6-5-7(10(16)18-20)1-3-8(6)9/h1,3,5,9,20H,2,4H2,(H2,16,18)(H,17,19). The van der Waals surface area contributed by atoms with Gasteiger partial charge in [0.25, 0.3) is 0 Å². The van der Waals surface area contributed by atoms with E-state index >= 15 is 0 Å². The molecule has 1 aromatic rings. The van der Waals surface area contributed by atoms with E-state index in [1.807, 2.05) is 5.32 Å². The van der Waals surface area contributed by atoms with E-state index in [1.54, 1.807) is 12.1 Å². The molecule has 1 aliphatic carbocycles. The molecule has 0 aromatic heterocycles. The molecule has 108 valence electrons. The molecule has 0 fully saturated rings. The highest BCUT2D eigenvalue weighted by Gasteiger charge is 2.40. The lowest BCUT2D eigenvalue weighted by atomic mass is 10.0. The number of nitrogens with zero attached hydrogens (tertiary/aromatic N) is 1. The van der Waals surface area contributed by atoms with Gasteiger partial charge in [0.1, 0.15) is 0 Å². The van der Waals surface area contributed by atoms with Gasteiger partial charge in [-0.1, -0.05) is 17.3 Å². The summed E-state index contributed by atoms with van der Waals surface area (Å²) in [6.45, 7) is 0. The minimum Gasteiger partial charge on any atom is -0.409 e. The van der Waals surface area contributed by atoms with Crippen molar-refractivity contribution in [2.24, 2.45) is 10.9 Å². The van der Waals surface area contributed by atoms with Crippen LogP contribution in [0.3, 0.4) is 0 Å². The number of fused-ring (bicyclic) bond motifs is 1. The summed E-state index contributed by atoms with van der Waals surface area (Å²) in [6.07, 6.45) is -3.99. The molecule has 0 aliphatic heterocycles. The fraction of sp³-hybridized carbons (Fsp3) is 0.333. The predicted octanol–water partition coefficient (Wildman–Crippen LogP) is 1.45. The van der Waals surface area contributed by atoms with Crippen LogP contribution in [0.25, 0.3) is 0 Å². The molecule has 20 heavy (non-hydrogen) atoms. The van der Waals surface area contributed by atoms with Crippen molar-refractivity contribution in [1.29, 1.82) is 0 Å². The molecule has 1 unspecified atom stereocenters. The first-order chi connectivity index (χ1) is 9.32. The van der Waals surface area contributed by atoms with Crippen LogP contribution in [0.5, 0.6) is 0 Å². The summed E-state index contributed by atoms with van der Waals surface area (Å²) in [5.74, 6) is -2.02. The largest absolute Gasteiger partial charge is 0.471 e. The molecule has 0 spiro atoms. The second-order valence-corrected chi connectivity index (χ2v) is 4.46. The van der Waals surface area contributed by atoms with Gasteiger partial charge in [-0.25, -0.2) is 0 Å². The van der Waals surface area contributed by atoms with Crippen LogP contribution in [0, 0.1) is 0 Å². The van der Waals surface area contributed by atoms with Crippen LogP contribution in [0.1, 0.15) is 29.2 Å². The average Bonchev–Trinajstić information content (AvgIpc) is 2.79. The van der Waals surface area contributed by atoms with Gasteiger partial charge < -0.3 is 16.3 Å². The van der Waals surface area contributed by atoms with Crippen molar-refractivity contribution in [2.45, 2.75) is 25.1 Å². The van der Waals surface area contributed by atoms with Crippen molar-refractivity contribution in [3.8, 4) is 0 Å². The number of nitrogens with two attached hydrogens (primary N) is 1. The van der Waals surface area contributed by atoms with E-state index in [-0.39, 0.29) is 5.84 Å². The van der Waals surface area contributed by atoms with Crippen LogP contribution < -0.4 is 11.1 Å². The van der Waals surface area contributed by atoms with E-state index in [0.29, 0.717) is 24.0 Å². The predicted molar refractivity (Wildman–Crippen MR) is 64.2 cm³/mol. The lowest BCUT2D eigenvalue weighted by Gasteiger charge is -2.15. The summed E-state index contributed by atoms with van der Waals surface area (Å²) in [5, 5.41) is 13.4. The first-order valence-electron chi connectivity index (χ1n) is 5.81. The Labute approximate surface area is 112 Å². The Morgan fingerprint density at radius 1 is 1.45 bits per heavy atom. The molecule has 1 amide bonds. The number of carbonyl (C=O) groups excluding carboxylic acids is 1. The molecular weight excluding hydrogens is 275 g/mol. The molecule has 0 radical (unpaired) electrons. The normalized spacial score (nSPS) is 18.8. The van der Waals surface area contributed by atoms with Crippen LogP contribution in [0.4, 0.5) is 13.2 Å². The van der Waals surface area contributed by atoms with Gasteiger partial charge >= 0.3 is 12.1 Å². The summed E-state index contributed by atoms with van der Waals surface area (Å²) in [7, 11) is 0. The molecule has 0 saturated heterocycles. The van der Waals surface area contributed by atoms with E-state index in [1.165, 1.54) is 6.07 Å². The summed E-state index contributed by atoms with van der Waals surface area (Å²) >= 11 is 0. The third kappa shape index (κ3) is 2.68. The minimum absolute atomic E-state index is 0.0735. The molecule has 0 saturated carbocycles. The Bertz CT molecular complexity index is 570. The van der Waals surface area contributed by atoms with Crippen LogP contribution in [-0.2, 0) is 11.2 Å². The number of halogens is 3. The molecule has 2 rings (SSSR count). The number of alkyl halides is 3. The molecule has 8 heteroatoms. The summed E-state index contributed by atoms with van der Waals surface area (Å²) in [4.78, 5) is 10.9. The monoisotopic (exact) mass is 287 g/mol. The maximum Gasteiger partial charge on any atom is 0.471 e. The van der Waals surface area contributed by atoms with Gasteiger partial charge in [0.2, 0.25) is 0 Å². The van der Waals surface area contributed by atoms with Crippen molar-refractivity contribution >= 4 is 11.7 Å². The highest BCUT2D eigenvalue weighted by atomic mass is 19.4. The lowest BCUT2D eigenvalue weighted by molar-refractivity contribution is -0.174. The number of rotatable bonds is 2. The van der Waals surface area contributed by atoms with E-state index in [4.69, 9.17) is 10.9 Å². The van der Waals surface area contributed by atoms with Crippen molar-refractivity contribution in [1.82, 2.24) is 5.32 Å². The van der Waals surface area contributed by atoms with Gasteiger partial charge in [-0.15, -0.1) is 0 Å². The number of nitrogens with one attached hydrogen (secondary N) is 1. The molecule has 0 bridgehead atoms. The number of amidine groups is 1. The Kier molecular flexibility index (Phi) is 3.56. The zero-order chi connectivity index (χ0) is 14.9. The summed E-state index contributed by atoms with van der Waals surface area (Å²) in [5.41, 5.74) is 7.32. The van der Waals surface area contributed by atoms with Crippen molar-refractivity contribution in [3.05, 3.63) is 34.9 Å². The number of benzene rings is 1. The Balaban J connectivity index is 2.20. The van der Waals surface area contributed by atoms with Gasteiger partial charge in [-0.05, 0) is 30.0 Å². The average molecular weight is 287 g/mol. The van der Waals surface area contributed by atoms with Crippen LogP contribution >= 0.6 is 0 Å². The van der Waals surface area contributed by atoms with Crippen molar-refractivity contribution in [2.75, 3.05) is 0 Å². The third-order valence-electron chi connectivity index (χ3n) is 3.19. The smallest absolute Gasteiger partial charge is 0.409 e. The molecule has 1 aromatic carbocycles. The fourth-order valence-electron chi connectivity index (χ4n) is 2.22. The SMILES string of the molecule is NC(=NO)c1ccc2c(c1)CCC2NC(=O)C(F)(F)F. The second-order valence-electron chi connectivity index (χ2n) is 4.46. The maximum absolute atomic E-state index is 12.2. The Morgan fingerprint density at radius 3 is 2.75 bits per heavy atom. The number of hydrogen-bond donors (Lipinski definition) is 3. The van der Waals surface area contributed by atoms with Crippen LogP contribution in [0.2, 0.25) is 0 Å². The number of aryl methyl sites for hydroxylation is 1. The van der Waals surface area contributed by atoms with E-state index < -0.39 is 18.1 Å². The van der Waals surface area contributed by atoms with E-state index in [2.05, 4.69) is 5.16 Å². The van der Waals surface area contributed by atoms with Gasteiger partial charge in [0.15, 0.2) is 5.84 Å². The molecular formula is C12H12F3N3O2. The number of amides is 1. The quantitative estimate of drug-likeness (QED) is 0.333. The minimum atomic E-state index is -4.89. The fourth-order valence-corrected chi connectivity index (χ4v) is 2.22. The number of oxime groups is 1. The zero-order valence-electron chi connectivity index (χ0n) is 10.2. The molecule has 0 heterocycles. The van der Waals surface area contributed by atoms with E-state index in [0.717, 1.165) is 5.56 Å². The van der Waals surface area contributed by atoms with Gasteiger partial charge in [-0.3, -0.25) is 4.79 Å². The Hall–Kier alpha value is -2.25. The lowest BCUT2D eigenvalue weighted by Crippen LogP contribution is -2.38. The van der Waals surface area contributed by atoms with Crippen molar-refractivity contribution < 1.29 is 23.2 Å². The first kappa shape index (κ1) is 14.2. The third-order valence-corrected chi connectivity index (χ3v) is 3.19. The van der Waals surface area contributed by atoms with Crippen LogP contribution in [-0.4, -0.2) is 23.1 Å². The second kappa shape index (κ2) is 5.03. The van der Waals surface area contributed by atoms with Gasteiger partial charge in [0.05, 0.1) is 6.04 Å². The Morgan fingerprint density at radius 2 is 2.15 bits per heavy atom. The summed E-state index contributed by atoms with van der Waals surface area (Å²) in [6, 6.07) is 4.09. The number of hydrogen-bond acceptors (Lipinski definition) is 3. The zero-order valence-corrected chi connectivity index (χ0v) is 10.2. The maximum atomic E-state index is 12.2.